The fourth-order valence-electron chi connectivity index (χ4n) is 1.66. The summed E-state index contributed by atoms with van der Waals surface area (Å²) in [5, 5.41) is 3.48. The first-order valence-electron chi connectivity index (χ1n) is 5.02. The van der Waals surface area contributed by atoms with Crippen LogP contribution >= 0.6 is 15.9 Å². The summed E-state index contributed by atoms with van der Waals surface area (Å²) in [6.45, 7) is 0.719. The average molecular weight is 255 g/mol. The Hall–Kier alpha value is -0.540. The molecule has 0 heterocycles. The van der Waals surface area contributed by atoms with E-state index in [4.69, 9.17) is 5.73 Å². The van der Waals surface area contributed by atoms with Crippen molar-refractivity contribution in [1.29, 1.82) is 0 Å². The Morgan fingerprint density at radius 1 is 1.50 bits per heavy atom. The van der Waals surface area contributed by atoms with Gasteiger partial charge >= 0.3 is 0 Å². The zero-order valence-corrected chi connectivity index (χ0v) is 9.63. The number of rotatable bonds is 4. The average Bonchev–Trinajstić information content (AvgIpc) is 2.97. The number of nitrogens with one attached hydrogen (secondary N) is 1. The quantitative estimate of drug-likeness (QED) is 0.867. The lowest BCUT2D eigenvalue weighted by Gasteiger charge is -2.17. The van der Waals surface area contributed by atoms with Crippen LogP contribution in [0.15, 0.2) is 28.7 Å². The van der Waals surface area contributed by atoms with E-state index in [9.17, 15) is 0 Å². The molecule has 1 saturated carbocycles. The maximum Gasteiger partial charge on any atom is 0.0411 e. The number of halogens is 1. The van der Waals surface area contributed by atoms with E-state index in [-0.39, 0.29) is 0 Å². The van der Waals surface area contributed by atoms with Crippen LogP contribution in [0.5, 0.6) is 0 Å². The van der Waals surface area contributed by atoms with Crippen LogP contribution in [-0.2, 0) is 0 Å². The minimum atomic E-state index is 0.448. The largest absolute Gasteiger partial charge is 0.381 e. The molecule has 3 heteroatoms. The molecule has 3 N–H and O–H groups in total. The van der Waals surface area contributed by atoms with Crippen LogP contribution in [0.1, 0.15) is 12.8 Å². The van der Waals surface area contributed by atoms with Crippen molar-refractivity contribution in [3.63, 3.8) is 0 Å². The van der Waals surface area contributed by atoms with Crippen LogP contribution in [0.3, 0.4) is 0 Å². The van der Waals surface area contributed by atoms with Gasteiger partial charge in [0.2, 0.25) is 0 Å². The van der Waals surface area contributed by atoms with Crippen molar-refractivity contribution < 1.29 is 0 Å². The minimum Gasteiger partial charge on any atom is -0.381 e. The molecule has 1 aliphatic rings. The second-order valence-electron chi connectivity index (χ2n) is 3.83. The first-order chi connectivity index (χ1) is 6.79. The Morgan fingerprint density at radius 2 is 2.29 bits per heavy atom. The van der Waals surface area contributed by atoms with Gasteiger partial charge in [-0.3, -0.25) is 0 Å². The molecule has 1 aromatic carbocycles. The predicted octanol–water partition coefficient (Wildman–Crippen LogP) is 2.60. The number of hydrogen-bond donors (Lipinski definition) is 2. The first-order valence-corrected chi connectivity index (χ1v) is 5.81. The standard InChI is InChI=1S/C11H15BrN2/c12-9-2-1-3-10(6-9)14-11(7-13)8-4-5-8/h1-3,6,8,11,14H,4-5,7,13H2. The highest BCUT2D eigenvalue weighted by molar-refractivity contribution is 9.10. The third-order valence-corrected chi connectivity index (χ3v) is 3.11. The van der Waals surface area contributed by atoms with E-state index in [0.717, 1.165) is 22.6 Å². The van der Waals surface area contributed by atoms with Crippen LogP contribution < -0.4 is 11.1 Å². The van der Waals surface area contributed by atoms with Gasteiger partial charge in [0.1, 0.15) is 0 Å². The normalized spacial score (nSPS) is 17.9. The van der Waals surface area contributed by atoms with Crippen LogP contribution in [0, 0.1) is 5.92 Å². The van der Waals surface area contributed by atoms with Crippen molar-refractivity contribution in [2.45, 2.75) is 18.9 Å². The Kier molecular flexibility index (Phi) is 3.08. The Labute approximate surface area is 93.0 Å². The topological polar surface area (TPSA) is 38.0 Å². The van der Waals surface area contributed by atoms with Gasteiger partial charge in [-0.15, -0.1) is 0 Å². The fraction of sp³-hybridized carbons (Fsp3) is 0.455. The van der Waals surface area contributed by atoms with Gasteiger partial charge in [-0.1, -0.05) is 22.0 Å². The summed E-state index contributed by atoms with van der Waals surface area (Å²) in [7, 11) is 0. The minimum absolute atomic E-state index is 0.448. The lowest BCUT2D eigenvalue weighted by Crippen LogP contribution is -2.30. The van der Waals surface area contributed by atoms with E-state index < -0.39 is 0 Å². The van der Waals surface area contributed by atoms with E-state index in [2.05, 4.69) is 33.4 Å². The summed E-state index contributed by atoms with van der Waals surface area (Å²) in [4.78, 5) is 0. The van der Waals surface area contributed by atoms with Crippen molar-refractivity contribution in [3.05, 3.63) is 28.7 Å². The van der Waals surface area contributed by atoms with Crippen LogP contribution in [0.4, 0.5) is 5.69 Å². The van der Waals surface area contributed by atoms with Gasteiger partial charge in [-0.25, -0.2) is 0 Å². The van der Waals surface area contributed by atoms with E-state index >= 15 is 0 Å². The SMILES string of the molecule is NCC(Nc1cccc(Br)c1)C1CC1. The molecular weight excluding hydrogens is 240 g/mol. The Bertz CT molecular complexity index is 310. The van der Waals surface area contributed by atoms with E-state index in [1.54, 1.807) is 0 Å². The molecule has 0 bridgehead atoms. The molecule has 0 radical (unpaired) electrons. The zero-order valence-electron chi connectivity index (χ0n) is 8.04. The predicted molar refractivity (Wildman–Crippen MR) is 63.3 cm³/mol. The highest BCUT2D eigenvalue weighted by Gasteiger charge is 2.29. The summed E-state index contributed by atoms with van der Waals surface area (Å²) in [5.41, 5.74) is 6.88. The highest BCUT2D eigenvalue weighted by Crippen LogP contribution is 2.34. The molecule has 1 aliphatic carbocycles. The van der Waals surface area contributed by atoms with E-state index in [1.165, 1.54) is 12.8 Å². The van der Waals surface area contributed by atoms with Crippen molar-refractivity contribution in [3.8, 4) is 0 Å². The molecule has 0 saturated heterocycles. The Morgan fingerprint density at radius 3 is 2.86 bits per heavy atom. The number of hydrogen-bond acceptors (Lipinski definition) is 2. The van der Waals surface area contributed by atoms with Gasteiger partial charge in [0, 0.05) is 22.7 Å². The molecule has 2 nitrogen and oxygen atoms in total. The second kappa shape index (κ2) is 4.32. The molecule has 0 amide bonds. The Balaban J connectivity index is 2.01. The zero-order chi connectivity index (χ0) is 9.97. The van der Waals surface area contributed by atoms with Gasteiger partial charge < -0.3 is 11.1 Å². The summed E-state index contributed by atoms with van der Waals surface area (Å²) >= 11 is 3.46. The maximum absolute atomic E-state index is 5.73. The molecule has 1 fully saturated rings. The van der Waals surface area contributed by atoms with Gasteiger partial charge in [0.05, 0.1) is 0 Å². The molecule has 0 aromatic heterocycles. The molecule has 76 valence electrons. The van der Waals surface area contributed by atoms with Gasteiger partial charge in [0.15, 0.2) is 0 Å². The third kappa shape index (κ3) is 2.49. The molecule has 14 heavy (non-hydrogen) atoms. The third-order valence-electron chi connectivity index (χ3n) is 2.62. The number of benzene rings is 1. The molecule has 0 spiro atoms. The van der Waals surface area contributed by atoms with Crippen LogP contribution in [0.25, 0.3) is 0 Å². The fourth-order valence-corrected chi connectivity index (χ4v) is 2.06. The maximum atomic E-state index is 5.73. The van der Waals surface area contributed by atoms with Crippen molar-refractivity contribution in [2.75, 3.05) is 11.9 Å². The van der Waals surface area contributed by atoms with Crippen molar-refractivity contribution in [2.24, 2.45) is 11.7 Å². The van der Waals surface area contributed by atoms with Crippen molar-refractivity contribution in [1.82, 2.24) is 0 Å². The lowest BCUT2D eigenvalue weighted by molar-refractivity contribution is 0.645. The van der Waals surface area contributed by atoms with Gasteiger partial charge in [-0.2, -0.15) is 0 Å². The van der Waals surface area contributed by atoms with Crippen LogP contribution in [0.2, 0.25) is 0 Å². The highest BCUT2D eigenvalue weighted by atomic mass is 79.9. The summed E-state index contributed by atoms with van der Waals surface area (Å²) in [5.74, 6) is 0.791. The van der Waals surface area contributed by atoms with Gasteiger partial charge in [0.25, 0.3) is 0 Å². The molecule has 1 atom stereocenters. The van der Waals surface area contributed by atoms with E-state index in [1.807, 2.05) is 12.1 Å². The molecule has 1 aromatic rings. The van der Waals surface area contributed by atoms with E-state index in [0.29, 0.717) is 6.04 Å². The summed E-state index contributed by atoms with van der Waals surface area (Å²) < 4.78 is 1.11. The van der Waals surface area contributed by atoms with Crippen LogP contribution in [-0.4, -0.2) is 12.6 Å². The monoisotopic (exact) mass is 254 g/mol. The summed E-state index contributed by atoms with van der Waals surface area (Å²) in [6, 6.07) is 8.68. The lowest BCUT2D eigenvalue weighted by atomic mass is 10.1. The number of anilines is 1. The molecule has 0 aliphatic heterocycles. The summed E-state index contributed by atoms with van der Waals surface area (Å²) in [6.07, 6.45) is 2.64. The molecule has 2 rings (SSSR count). The smallest absolute Gasteiger partial charge is 0.0411 e. The van der Waals surface area contributed by atoms with Gasteiger partial charge in [-0.05, 0) is 37.0 Å². The van der Waals surface area contributed by atoms with Crippen molar-refractivity contribution >= 4 is 21.6 Å². The molecule has 1 unspecified atom stereocenters. The first kappa shape index (κ1) is 9.99. The number of nitrogens with two attached hydrogens (primary N) is 1. The molecular formula is C11H15BrN2. The second-order valence-corrected chi connectivity index (χ2v) is 4.75.